The van der Waals surface area contributed by atoms with E-state index in [4.69, 9.17) is 9.15 Å². The molecule has 0 fully saturated rings. The molecule has 3 aromatic carbocycles. The fourth-order valence-corrected chi connectivity index (χ4v) is 3.27. The van der Waals surface area contributed by atoms with E-state index in [-0.39, 0.29) is 18.3 Å². The number of carbonyl (C=O) groups is 1. The van der Waals surface area contributed by atoms with E-state index in [1.165, 1.54) is 6.07 Å². The van der Waals surface area contributed by atoms with E-state index >= 15 is 0 Å². The van der Waals surface area contributed by atoms with Gasteiger partial charge in [-0.3, -0.25) is 4.79 Å². The van der Waals surface area contributed by atoms with Crippen molar-refractivity contribution in [2.75, 3.05) is 30.9 Å². The first-order valence-electron chi connectivity index (χ1n) is 8.81. The number of carbonyl (C=O) groups excluding carboxylic acids is 1. The number of amides is 1. The van der Waals surface area contributed by atoms with Crippen LogP contribution in [0.25, 0.3) is 21.9 Å². The molecule has 6 heteroatoms. The van der Waals surface area contributed by atoms with Gasteiger partial charge in [0.1, 0.15) is 22.7 Å². The van der Waals surface area contributed by atoms with Crippen LogP contribution in [0.5, 0.6) is 5.75 Å². The van der Waals surface area contributed by atoms with Gasteiger partial charge in [0.25, 0.3) is 0 Å². The molecule has 1 heterocycles. The molecule has 0 radical (unpaired) electrons. The lowest BCUT2D eigenvalue weighted by molar-refractivity contribution is -0.114. The second-order valence-electron chi connectivity index (χ2n) is 6.50. The van der Waals surface area contributed by atoms with Crippen molar-refractivity contribution in [3.63, 3.8) is 0 Å². The first-order valence-corrected chi connectivity index (χ1v) is 8.81. The van der Waals surface area contributed by atoms with Crippen LogP contribution in [-0.4, -0.2) is 26.6 Å². The molecule has 1 amide bonds. The van der Waals surface area contributed by atoms with Gasteiger partial charge in [-0.05, 0) is 24.3 Å². The summed E-state index contributed by atoms with van der Waals surface area (Å²) in [5, 5.41) is 4.72. The zero-order valence-electron chi connectivity index (χ0n) is 15.5. The molecule has 0 aliphatic heterocycles. The van der Waals surface area contributed by atoms with E-state index in [0.717, 1.165) is 16.4 Å². The maximum atomic E-state index is 13.9. The number of furan rings is 1. The highest BCUT2D eigenvalue weighted by Gasteiger charge is 2.16. The van der Waals surface area contributed by atoms with E-state index in [1.807, 2.05) is 30.3 Å². The molecule has 0 saturated heterocycles. The summed E-state index contributed by atoms with van der Waals surface area (Å²) in [6.07, 6.45) is 0. The monoisotopic (exact) mass is 378 g/mol. The molecule has 0 saturated carbocycles. The first-order chi connectivity index (χ1) is 13.6. The number of methoxy groups -OCH3 is 1. The number of rotatable bonds is 5. The number of para-hydroxylation sites is 2. The largest absolute Gasteiger partial charge is 0.495 e. The highest BCUT2D eigenvalue weighted by Crippen LogP contribution is 2.36. The van der Waals surface area contributed by atoms with Crippen LogP contribution < -0.4 is 15.0 Å². The number of nitrogens with zero attached hydrogens (tertiary/aromatic N) is 1. The molecule has 0 spiro atoms. The normalized spacial score (nSPS) is 11.0. The number of nitrogens with one attached hydrogen (secondary N) is 1. The Hall–Kier alpha value is -3.54. The zero-order chi connectivity index (χ0) is 19.7. The summed E-state index contributed by atoms with van der Waals surface area (Å²) in [6, 6.07) is 17.6. The summed E-state index contributed by atoms with van der Waals surface area (Å²) in [6.45, 7) is -0.0117. The lowest BCUT2D eigenvalue weighted by Gasteiger charge is -2.19. The van der Waals surface area contributed by atoms with Gasteiger partial charge in [0.2, 0.25) is 5.91 Å². The molecule has 1 aromatic heterocycles. The van der Waals surface area contributed by atoms with Crippen molar-refractivity contribution in [2.24, 2.45) is 0 Å². The Balaban J connectivity index is 1.60. The van der Waals surface area contributed by atoms with Crippen molar-refractivity contribution in [3.8, 4) is 5.75 Å². The predicted molar refractivity (Wildman–Crippen MR) is 109 cm³/mol. The van der Waals surface area contributed by atoms with Crippen LogP contribution in [0, 0.1) is 5.82 Å². The second kappa shape index (κ2) is 7.23. The Kier molecular flexibility index (Phi) is 4.61. The summed E-state index contributed by atoms with van der Waals surface area (Å²) in [7, 11) is 3.21. The SMILES string of the molecule is COc1cc2c(cc1NC(=O)CN(C)c1ccccc1F)oc1ccccc12. The minimum Gasteiger partial charge on any atom is -0.495 e. The van der Waals surface area contributed by atoms with Gasteiger partial charge in [-0.1, -0.05) is 30.3 Å². The van der Waals surface area contributed by atoms with Gasteiger partial charge in [-0.15, -0.1) is 0 Å². The van der Waals surface area contributed by atoms with Gasteiger partial charge >= 0.3 is 0 Å². The van der Waals surface area contributed by atoms with E-state index in [0.29, 0.717) is 22.7 Å². The number of fused-ring (bicyclic) bond motifs is 3. The summed E-state index contributed by atoms with van der Waals surface area (Å²) in [5.74, 6) is -0.139. The first kappa shape index (κ1) is 17.9. The topological polar surface area (TPSA) is 54.7 Å². The molecule has 4 aromatic rings. The van der Waals surface area contributed by atoms with Crippen molar-refractivity contribution in [1.29, 1.82) is 0 Å². The van der Waals surface area contributed by atoms with Gasteiger partial charge < -0.3 is 19.4 Å². The molecule has 0 bridgehead atoms. The molecule has 4 rings (SSSR count). The lowest BCUT2D eigenvalue weighted by Crippen LogP contribution is -2.30. The maximum absolute atomic E-state index is 13.9. The van der Waals surface area contributed by atoms with Gasteiger partial charge in [0.15, 0.2) is 0 Å². The number of likely N-dealkylation sites (N-methyl/N-ethyl adjacent to an activating group) is 1. The molecule has 142 valence electrons. The van der Waals surface area contributed by atoms with Crippen molar-refractivity contribution >= 4 is 39.2 Å². The Morgan fingerprint density at radius 2 is 1.82 bits per heavy atom. The average Bonchev–Trinajstić information content (AvgIpc) is 3.04. The maximum Gasteiger partial charge on any atom is 0.243 e. The molecule has 0 aliphatic carbocycles. The minimum absolute atomic E-state index is 0.0117. The van der Waals surface area contributed by atoms with E-state index in [2.05, 4.69) is 5.32 Å². The summed E-state index contributed by atoms with van der Waals surface area (Å²) < 4.78 is 25.2. The highest BCUT2D eigenvalue weighted by atomic mass is 19.1. The smallest absolute Gasteiger partial charge is 0.243 e. The average molecular weight is 378 g/mol. The summed E-state index contributed by atoms with van der Waals surface area (Å²) in [4.78, 5) is 14.1. The van der Waals surface area contributed by atoms with E-state index < -0.39 is 0 Å². The zero-order valence-corrected chi connectivity index (χ0v) is 15.5. The van der Waals surface area contributed by atoms with Crippen LogP contribution in [0.3, 0.4) is 0 Å². The van der Waals surface area contributed by atoms with Crippen molar-refractivity contribution in [2.45, 2.75) is 0 Å². The molecule has 28 heavy (non-hydrogen) atoms. The van der Waals surface area contributed by atoms with Crippen LogP contribution in [0.2, 0.25) is 0 Å². The summed E-state index contributed by atoms with van der Waals surface area (Å²) >= 11 is 0. The van der Waals surface area contributed by atoms with Crippen LogP contribution >= 0.6 is 0 Å². The van der Waals surface area contributed by atoms with Crippen molar-refractivity contribution in [1.82, 2.24) is 0 Å². The molecular weight excluding hydrogens is 359 g/mol. The third-order valence-corrected chi connectivity index (χ3v) is 4.62. The quantitative estimate of drug-likeness (QED) is 0.542. The Morgan fingerprint density at radius 3 is 2.61 bits per heavy atom. The van der Waals surface area contributed by atoms with E-state index in [1.54, 1.807) is 43.3 Å². The number of ether oxygens (including phenoxy) is 1. The van der Waals surface area contributed by atoms with Gasteiger partial charge in [0, 0.05) is 23.9 Å². The number of hydrogen-bond acceptors (Lipinski definition) is 4. The number of hydrogen-bond donors (Lipinski definition) is 1. The molecule has 5 nitrogen and oxygen atoms in total. The molecule has 0 unspecified atom stereocenters. The third kappa shape index (κ3) is 3.24. The van der Waals surface area contributed by atoms with Crippen molar-refractivity contribution in [3.05, 3.63) is 66.5 Å². The number of benzene rings is 3. The molecule has 1 N–H and O–H groups in total. The molecular formula is C22H19FN2O3. The third-order valence-electron chi connectivity index (χ3n) is 4.62. The molecule has 0 atom stereocenters. The minimum atomic E-state index is -0.376. The van der Waals surface area contributed by atoms with Crippen molar-refractivity contribution < 1.29 is 18.3 Å². The Morgan fingerprint density at radius 1 is 1.07 bits per heavy atom. The Bertz CT molecular complexity index is 1170. The number of halogens is 1. The standard InChI is InChI=1S/C22H19FN2O3/c1-25(18-9-5-4-8-16(18)23)13-22(26)24-17-12-20-15(11-21(17)27-2)14-7-3-6-10-19(14)28-20/h3-12H,13H2,1-2H3,(H,24,26). The highest BCUT2D eigenvalue weighted by molar-refractivity contribution is 6.08. The second-order valence-corrected chi connectivity index (χ2v) is 6.50. The van der Waals surface area contributed by atoms with E-state index in [9.17, 15) is 9.18 Å². The lowest BCUT2D eigenvalue weighted by atomic mass is 10.1. The van der Waals surface area contributed by atoms with Gasteiger partial charge in [-0.2, -0.15) is 0 Å². The number of anilines is 2. The predicted octanol–water partition coefficient (Wildman–Crippen LogP) is 4.81. The summed E-state index contributed by atoms with van der Waals surface area (Å²) in [5.41, 5.74) is 2.28. The fourth-order valence-electron chi connectivity index (χ4n) is 3.27. The van der Waals surface area contributed by atoms with Crippen LogP contribution in [0.1, 0.15) is 0 Å². The van der Waals surface area contributed by atoms with Crippen LogP contribution in [0.15, 0.2) is 65.1 Å². The Labute approximate surface area is 161 Å². The van der Waals surface area contributed by atoms with Crippen LogP contribution in [-0.2, 0) is 4.79 Å². The van der Waals surface area contributed by atoms with Crippen LogP contribution in [0.4, 0.5) is 15.8 Å². The molecule has 0 aliphatic rings. The fraction of sp³-hybridized carbons (Fsp3) is 0.136. The van der Waals surface area contributed by atoms with Gasteiger partial charge in [-0.25, -0.2) is 4.39 Å². The van der Waals surface area contributed by atoms with Gasteiger partial charge in [0.05, 0.1) is 25.0 Å².